The van der Waals surface area contributed by atoms with Crippen molar-refractivity contribution in [2.75, 3.05) is 43.2 Å². The number of anilines is 2. The van der Waals surface area contributed by atoms with E-state index in [9.17, 15) is 24.3 Å². The zero-order valence-electron chi connectivity index (χ0n) is 24.9. The lowest BCUT2D eigenvalue weighted by Gasteiger charge is -2.25. The van der Waals surface area contributed by atoms with E-state index in [1.54, 1.807) is 15.5 Å². The lowest BCUT2D eigenvalue weighted by molar-refractivity contribution is -0.117. The Balaban J connectivity index is 1.16. The number of methoxy groups -OCH3 is 1. The minimum Gasteiger partial charge on any atom is -0.492 e. The van der Waals surface area contributed by atoms with Gasteiger partial charge >= 0.3 is 12.1 Å². The van der Waals surface area contributed by atoms with Gasteiger partial charge in [-0.15, -0.1) is 0 Å². The molecule has 2 aromatic carbocycles. The number of nitrogens with zero attached hydrogens (tertiary/aromatic N) is 3. The summed E-state index contributed by atoms with van der Waals surface area (Å²) in [6, 6.07) is 5.29. The number of cyclic esters (lactones) is 1. The summed E-state index contributed by atoms with van der Waals surface area (Å²) in [7, 11) is 1.39. The summed E-state index contributed by atoms with van der Waals surface area (Å²) in [6.07, 6.45) is 3.19. The van der Waals surface area contributed by atoms with E-state index < -0.39 is 40.8 Å². The van der Waals surface area contributed by atoms with Crippen LogP contribution in [0.25, 0.3) is 10.9 Å². The number of fused-ring (bicyclic) bond motifs is 1. The van der Waals surface area contributed by atoms with Crippen molar-refractivity contribution in [2.24, 2.45) is 5.92 Å². The molecule has 0 bridgehead atoms. The fourth-order valence-electron chi connectivity index (χ4n) is 6.13. The summed E-state index contributed by atoms with van der Waals surface area (Å²) in [5.41, 5.74) is -0.328. The maximum absolute atomic E-state index is 15.7. The van der Waals surface area contributed by atoms with Crippen molar-refractivity contribution in [1.82, 2.24) is 4.57 Å². The number of aromatic nitrogens is 1. The second-order valence-electron chi connectivity index (χ2n) is 11.8. The molecule has 1 saturated carbocycles. The number of amides is 1. The first-order chi connectivity index (χ1) is 21.5. The van der Waals surface area contributed by atoms with Crippen LogP contribution in [0, 0.1) is 17.6 Å². The highest BCUT2D eigenvalue weighted by molar-refractivity contribution is 5.97. The standard InChI is InChI=1S/C32H33F2N3O8/c1-17(38)3-7-21-14-37(32(42)45-21)20-6-8-26(24(33)11-20)44-16-18-9-10-35(13-18)28-25(34)12-22-27(30(28)43-2)36(19-4-5-19)15-23(29(22)39)31(40)41/h6,8,11-12,15,18-19,21H,3-5,7,9-10,13-14,16H2,1-2H3,(H,40,41)/t18?,21-/m0/s1. The quantitative estimate of drug-likeness (QED) is 0.316. The third kappa shape index (κ3) is 5.90. The Labute approximate surface area is 256 Å². The number of ether oxygens (including phenoxy) is 3. The third-order valence-electron chi connectivity index (χ3n) is 8.57. The van der Waals surface area contributed by atoms with Gasteiger partial charge < -0.3 is 33.6 Å². The summed E-state index contributed by atoms with van der Waals surface area (Å²) in [5.74, 6) is -2.63. The Morgan fingerprint density at radius 1 is 1.09 bits per heavy atom. The lowest BCUT2D eigenvalue weighted by Crippen LogP contribution is -2.25. The van der Waals surface area contributed by atoms with Crippen LogP contribution in [0.1, 0.15) is 55.4 Å². The van der Waals surface area contributed by atoms with E-state index in [0.717, 1.165) is 18.9 Å². The summed E-state index contributed by atoms with van der Waals surface area (Å²) in [5, 5.41) is 9.51. The van der Waals surface area contributed by atoms with Gasteiger partial charge in [-0.2, -0.15) is 0 Å². The van der Waals surface area contributed by atoms with Crippen molar-refractivity contribution in [2.45, 2.75) is 51.2 Å². The molecule has 45 heavy (non-hydrogen) atoms. The fourth-order valence-corrected chi connectivity index (χ4v) is 6.13. The van der Waals surface area contributed by atoms with Crippen LogP contribution >= 0.6 is 0 Å². The highest BCUT2D eigenvalue weighted by Crippen LogP contribution is 2.44. The van der Waals surface area contributed by atoms with Crippen molar-refractivity contribution in [3.63, 3.8) is 0 Å². The summed E-state index contributed by atoms with van der Waals surface area (Å²) < 4.78 is 49.2. The van der Waals surface area contributed by atoms with E-state index in [-0.39, 0.29) is 53.5 Å². The Hall–Kier alpha value is -4.68. The SMILES string of the molecule is COc1c(N2CCC(COc3ccc(N4C[C@H](CCC(C)=O)OC4=O)cc3F)C2)c(F)cc2c(=O)c(C(=O)O)cn(C3CC3)c12. The van der Waals surface area contributed by atoms with Gasteiger partial charge in [0, 0.05) is 43.7 Å². The number of carbonyl (C=O) groups is 3. The number of carbonyl (C=O) groups excluding carboxylic acids is 2. The number of carboxylic acid groups (broad SMARTS) is 1. The molecule has 2 aliphatic heterocycles. The van der Waals surface area contributed by atoms with Crippen LogP contribution in [0.3, 0.4) is 0 Å². The van der Waals surface area contributed by atoms with Crippen LogP contribution in [0.15, 0.2) is 35.3 Å². The number of Topliss-reactive ketones (excluding diaryl/α,β-unsaturated/α-hetero) is 1. The lowest BCUT2D eigenvalue weighted by atomic mass is 10.1. The van der Waals surface area contributed by atoms with Crippen molar-refractivity contribution >= 4 is 40.1 Å². The summed E-state index contributed by atoms with van der Waals surface area (Å²) in [4.78, 5) is 51.4. The van der Waals surface area contributed by atoms with E-state index >= 15 is 8.78 Å². The Kier molecular flexibility index (Phi) is 8.10. The normalized spacial score (nSPS) is 19.7. The molecule has 11 nitrogen and oxygen atoms in total. The van der Waals surface area contributed by atoms with Gasteiger partial charge in [0.1, 0.15) is 23.1 Å². The van der Waals surface area contributed by atoms with E-state index in [4.69, 9.17) is 14.2 Å². The molecule has 3 aromatic rings. The van der Waals surface area contributed by atoms with Gasteiger partial charge in [0.15, 0.2) is 23.1 Å². The smallest absolute Gasteiger partial charge is 0.414 e. The minimum absolute atomic E-state index is 0.000371. The van der Waals surface area contributed by atoms with E-state index in [1.807, 2.05) is 0 Å². The molecule has 1 N–H and O–H groups in total. The van der Waals surface area contributed by atoms with Gasteiger partial charge in [0.25, 0.3) is 0 Å². The highest BCUT2D eigenvalue weighted by atomic mass is 19.1. The first-order valence-electron chi connectivity index (χ1n) is 14.9. The first-order valence-corrected chi connectivity index (χ1v) is 14.9. The van der Waals surface area contributed by atoms with Crippen LogP contribution in [-0.2, 0) is 9.53 Å². The summed E-state index contributed by atoms with van der Waals surface area (Å²) in [6.45, 7) is 2.67. The topological polar surface area (TPSA) is 128 Å². The number of aromatic carboxylic acids is 1. The van der Waals surface area contributed by atoms with Crippen LogP contribution in [0.2, 0.25) is 0 Å². The number of halogens is 2. The molecule has 3 aliphatic rings. The first kappa shape index (κ1) is 30.4. The van der Waals surface area contributed by atoms with Crippen LogP contribution in [0.5, 0.6) is 11.5 Å². The van der Waals surface area contributed by atoms with Crippen LogP contribution in [-0.4, -0.2) is 67.0 Å². The largest absolute Gasteiger partial charge is 0.492 e. The molecule has 6 rings (SSSR count). The third-order valence-corrected chi connectivity index (χ3v) is 8.57. The monoisotopic (exact) mass is 625 g/mol. The number of rotatable bonds is 11. The van der Waals surface area contributed by atoms with Crippen molar-refractivity contribution in [3.8, 4) is 11.5 Å². The molecule has 1 amide bonds. The number of hydrogen-bond acceptors (Lipinski definition) is 8. The molecule has 2 saturated heterocycles. The van der Waals surface area contributed by atoms with E-state index in [2.05, 4.69) is 0 Å². The highest BCUT2D eigenvalue weighted by Gasteiger charge is 2.35. The van der Waals surface area contributed by atoms with E-state index in [1.165, 1.54) is 37.3 Å². The molecule has 1 aromatic heterocycles. The number of ketones is 1. The molecule has 238 valence electrons. The Morgan fingerprint density at radius 3 is 2.53 bits per heavy atom. The zero-order valence-corrected chi connectivity index (χ0v) is 24.9. The van der Waals surface area contributed by atoms with Crippen molar-refractivity contribution in [3.05, 3.63) is 57.9 Å². The minimum atomic E-state index is -1.37. The molecule has 1 aliphatic carbocycles. The maximum Gasteiger partial charge on any atom is 0.414 e. The molecule has 0 radical (unpaired) electrons. The number of carboxylic acids is 1. The number of hydrogen-bond donors (Lipinski definition) is 1. The van der Waals surface area contributed by atoms with Gasteiger partial charge in [-0.25, -0.2) is 18.4 Å². The van der Waals surface area contributed by atoms with Crippen LogP contribution in [0.4, 0.5) is 25.0 Å². The number of pyridine rings is 1. The molecule has 1 unspecified atom stereocenters. The Bertz CT molecular complexity index is 1750. The average Bonchev–Trinajstić information content (AvgIpc) is 3.62. The average molecular weight is 626 g/mol. The second kappa shape index (κ2) is 12.0. The van der Waals surface area contributed by atoms with Gasteiger partial charge in [-0.05, 0) is 50.8 Å². The zero-order chi connectivity index (χ0) is 32.0. The summed E-state index contributed by atoms with van der Waals surface area (Å²) >= 11 is 0. The molecule has 3 fully saturated rings. The van der Waals surface area contributed by atoms with E-state index in [0.29, 0.717) is 43.6 Å². The maximum atomic E-state index is 15.7. The molecule has 2 atom stereocenters. The molecule has 0 spiro atoms. The molecule has 3 heterocycles. The van der Waals surface area contributed by atoms with Crippen molar-refractivity contribution < 1.29 is 42.5 Å². The van der Waals surface area contributed by atoms with Crippen molar-refractivity contribution in [1.29, 1.82) is 0 Å². The number of benzene rings is 2. The molecule has 13 heteroatoms. The molecular weight excluding hydrogens is 592 g/mol. The van der Waals surface area contributed by atoms with Crippen LogP contribution < -0.4 is 24.7 Å². The van der Waals surface area contributed by atoms with Gasteiger partial charge in [0.2, 0.25) is 5.43 Å². The molecular formula is C32H33F2N3O8. The van der Waals surface area contributed by atoms with Gasteiger partial charge in [-0.1, -0.05) is 0 Å². The van der Waals surface area contributed by atoms with Gasteiger partial charge in [0.05, 0.1) is 36.9 Å². The predicted molar refractivity (Wildman–Crippen MR) is 160 cm³/mol. The Morgan fingerprint density at radius 2 is 1.87 bits per heavy atom. The van der Waals surface area contributed by atoms with Gasteiger partial charge in [-0.3, -0.25) is 9.69 Å². The fraction of sp³-hybridized carbons (Fsp3) is 0.438. The predicted octanol–water partition coefficient (Wildman–Crippen LogP) is 4.92. The second-order valence-corrected chi connectivity index (χ2v) is 11.8.